The van der Waals surface area contributed by atoms with Crippen LogP contribution in [0.4, 0.5) is 5.69 Å². The molecule has 0 saturated carbocycles. The van der Waals surface area contributed by atoms with Crippen molar-refractivity contribution in [1.29, 1.82) is 0 Å². The molecule has 4 nitrogen and oxygen atoms in total. The lowest BCUT2D eigenvalue weighted by Crippen LogP contribution is -2.38. The fourth-order valence-corrected chi connectivity index (χ4v) is 3.30. The minimum Gasteiger partial charge on any atom is -0.342 e. The number of rotatable bonds is 8. The molecule has 0 aliphatic carbocycles. The number of carbonyl (C=O) groups is 2. The summed E-state index contributed by atoms with van der Waals surface area (Å²) in [5.41, 5.74) is 3.30. The standard InChI is InChI=1S/C21H32N2O2/c1-5-7-11-22(12-8-6-2)21(25)18-14-20(24)23(15-18)19-10-9-16(3)17(4)13-19/h9-10,13,18H,5-8,11-12,14-15H2,1-4H3/t18-/m0/s1. The number of aryl methyl sites for hydroxylation is 2. The SMILES string of the molecule is CCCCN(CCCC)C(=O)[C@H]1CC(=O)N(c2ccc(C)c(C)c2)C1. The van der Waals surface area contributed by atoms with Gasteiger partial charge < -0.3 is 9.80 Å². The van der Waals surface area contributed by atoms with Crippen molar-refractivity contribution in [3.05, 3.63) is 29.3 Å². The summed E-state index contributed by atoms with van der Waals surface area (Å²) in [6, 6.07) is 6.08. The third-order valence-electron chi connectivity index (χ3n) is 5.15. The van der Waals surface area contributed by atoms with Crippen molar-refractivity contribution in [3.8, 4) is 0 Å². The molecule has 0 spiro atoms. The summed E-state index contributed by atoms with van der Waals surface area (Å²) in [5.74, 6) is 0.0111. The predicted molar refractivity (Wildman–Crippen MR) is 103 cm³/mol. The van der Waals surface area contributed by atoms with Crippen LogP contribution in [-0.4, -0.2) is 36.3 Å². The van der Waals surface area contributed by atoms with Gasteiger partial charge in [0.1, 0.15) is 0 Å². The van der Waals surface area contributed by atoms with Crippen LogP contribution in [0.3, 0.4) is 0 Å². The molecule has 1 saturated heterocycles. The summed E-state index contributed by atoms with van der Waals surface area (Å²) in [5, 5.41) is 0. The first-order chi connectivity index (χ1) is 12.0. The van der Waals surface area contributed by atoms with Crippen LogP contribution in [0, 0.1) is 19.8 Å². The first-order valence-electron chi connectivity index (χ1n) is 9.64. The normalized spacial score (nSPS) is 17.2. The van der Waals surface area contributed by atoms with Crippen molar-refractivity contribution < 1.29 is 9.59 Å². The number of carbonyl (C=O) groups excluding carboxylic acids is 2. The highest BCUT2D eigenvalue weighted by atomic mass is 16.2. The molecule has 1 fully saturated rings. The quantitative estimate of drug-likeness (QED) is 0.713. The highest BCUT2D eigenvalue weighted by molar-refractivity contribution is 6.00. The molecule has 1 aliphatic heterocycles. The molecule has 1 aromatic carbocycles. The van der Waals surface area contributed by atoms with Gasteiger partial charge in [-0.15, -0.1) is 0 Å². The van der Waals surface area contributed by atoms with Crippen molar-refractivity contribution in [3.63, 3.8) is 0 Å². The van der Waals surface area contributed by atoms with Gasteiger partial charge >= 0.3 is 0 Å². The van der Waals surface area contributed by atoms with E-state index in [9.17, 15) is 9.59 Å². The van der Waals surface area contributed by atoms with Crippen LogP contribution >= 0.6 is 0 Å². The van der Waals surface area contributed by atoms with E-state index in [0.717, 1.165) is 44.5 Å². The Morgan fingerprint density at radius 3 is 2.32 bits per heavy atom. The smallest absolute Gasteiger partial charge is 0.228 e. The number of hydrogen-bond acceptors (Lipinski definition) is 2. The van der Waals surface area contributed by atoms with E-state index in [1.54, 1.807) is 4.90 Å². The summed E-state index contributed by atoms with van der Waals surface area (Å²) in [6.45, 7) is 10.5. The second-order valence-electron chi connectivity index (χ2n) is 7.21. The second-order valence-corrected chi connectivity index (χ2v) is 7.21. The molecule has 2 rings (SSSR count). The minimum absolute atomic E-state index is 0.0625. The number of nitrogens with zero attached hydrogens (tertiary/aromatic N) is 2. The highest BCUT2D eigenvalue weighted by Gasteiger charge is 2.37. The van der Waals surface area contributed by atoms with Crippen molar-refractivity contribution in [2.75, 3.05) is 24.5 Å². The first-order valence-corrected chi connectivity index (χ1v) is 9.64. The predicted octanol–water partition coefficient (Wildman–Crippen LogP) is 4.09. The maximum atomic E-state index is 12.9. The van der Waals surface area contributed by atoms with Gasteiger partial charge in [-0.3, -0.25) is 9.59 Å². The Balaban J connectivity index is 2.08. The van der Waals surface area contributed by atoms with Gasteiger partial charge in [0.25, 0.3) is 0 Å². The Morgan fingerprint density at radius 1 is 1.12 bits per heavy atom. The molecule has 0 aromatic heterocycles. The molecule has 0 radical (unpaired) electrons. The van der Waals surface area contributed by atoms with Gasteiger partial charge in [-0.05, 0) is 49.9 Å². The van der Waals surface area contributed by atoms with Gasteiger partial charge in [-0.1, -0.05) is 32.8 Å². The van der Waals surface area contributed by atoms with Crippen molar-refractivity contribution in [2.45, 2.75) is 59.8 Å². The van der Waals surface area contributed by atoms with Gasteiger partial charge in [-0.2, -0.15) is 0 Å². The third-order valence-corrected chi connectivity index (χ3v) is 5.15. The lowest BCUT2D eigenvalue weighted by Gasteiger charge is -2.25. The van der Waals surface area contributed by atoms with Crippen LogP contribution in [0.5, 0.6) is 0 Å². The average Bonchev–Trinajstić information content (AvgIpc) is 2.99. The topological polar surface area (TPSA) is 40.6 Å². The number of unbranched alkanes of at least 4 members (excludes halogenated alkanes) is 2. The average molecular weight is 344 g/mol. The molecule has 1 aromatic rings. The van der Waals surface area contributed by atoms with Crippen molar-refractivity contribution in [2.24, 2.45) is 5.92 Å². The fraction of sp³-hybridized carbons (Fsp3) is 0.619. The Kier molecular flexibility index (Phi) is 7.03. The largest absolute Gasteiger partial charge is 0.342 e. The summed E-state index contributed by atoms with van der Waals surface area (Å²) < 4.78 is 0. The number of amides is 2. The number of anilines is 1. The maximum Gasteiger partial charge on any atom is 0.228 e. The Morgan fingerprint density at radius 2 is 1.76 bits per heavy atom. The van der Waals surface area contributed by atoms with E-state index < -0.39 is 0 Å². The van der Waals surface area contributed by atoms with Crippen molar-refractivity contribution >= 4 is 17.5 Å². The van der Waals surface area contributed by atoms with E-state index in [1.165, 1.54) is 11.1 Å². The van der Waals surface area contributed by atoms with Gasteiger partial charge in [0.2, 0.25) is 11.8 Å². The van der Waals surface area contributed by atoms with Crippen LogP contribution in [0.15, 0.2) is 18.2 Å². The minimum atomic E-state index is -0.206. The van der Waals surface area contributed by atoms with Crippen LogP contribution in [0.1, 0.15) is 57.1 Å². The lowest BCUT2D eigenvalue weighted by atomic mass is 10.1. The van der Waals surface area contributed by atoms with E-state index >= 15 is 0 Å². The molecule has 0 N–H and O–H groups in total. The van der Waals surface area contributed by atoms with E-state index in [-0.39, 0.29) is 17.7 Å². The summed E-state index contributed by atoms with van der Waals surface area (Å²) in [7, 11) is 0. The van der Waals surface area contributed by atoms with E-state index in [1.807, 2.05) is 23.1 Å². The molecular weight excluding hydrogens is 312 g/mol. The number of hydrogen-bond donors (Lipinski definition) is 0. The van der Waals surface area contributed by atoms with Gasteiger partial charge in [0.15, 0.2) is 0 Å². The number of benzene rings is 1. The van der Waals surface area contributed by atoms with E-state index in [0.29, 0.717) is 13.0 Å². The molecule has 138 valence electrons. The van der Waals surface area contributed by atoms with Crippen LogP contribution in [0.2, 0.25) is 0 Å². The first kappa shape index (κ1) is 19.5. The molecule has 4 heteroatoms. The van der Waals surface area contributed by atoms with Gasteiger partial charge in [0.05, 0.1) is 5.92 Å². The Labute approximate surface area is 152 Å². The highest BCUT2D eigenvalue weighted by Crippen LogP contribution is 2.28. The molecule has 25 heavy (non-hydrogen) atoms. The van der Waals surface area contributed by atoms with Crippen molar-refractivity contribution in [1.82, 2.24) is 4.90 Å². The monoisotopic (exact) mass is 344 g/mol. The van der Waals surface area contributed by atoms with E-state index in [2.05, 4.69) is 27.7 Å². The molecule has 2 amide bonds. The zero-order valence-electron chi connectivity index (χ0n) is 16.2. The molecule has 0 unspecified atom stereocenters. The summed E-state index contributed by atoms with van der Waals surface area (Å²) in [4.78, 5) is 29.2. The fourth-order valence-electron chi connectivity index (χ4n) is 3.30. The zero-order chi connectivity index (χ0) is 18.4. The zero-order valence-corrected chi connectivity index (χ0v) is 16.2. The summed E-state index contributed by atoms with van der Waals surface area (Å²) in [6.07, 6.45) is 4.54. The molecule has 1 aliphatic rings. The van der Waals surface area contributed by atoms with Gasteiger partial charge in [-0.25, -0.2) is 0 Å². The Hall–Kier alpha value is -1.84. The summed E-state index contributed by atoms with van der Waals surface area (Å²) >= 11 is 0. The maximum absolute atomic E-state index is 12.9. The van der Waals surface area contributed by atoms with Crippen LogP contribution in [-0.2, 0) is 9.59 Å². The lowest BCUT2D eigenvalue weighted by molar-refractivity contribution is -0.136. The second kappa shape index (κ2) is 9.02. The Bertz CT molecular complexity index is 604. The molecular formula is C21H32N2O2. The third kappa shape index (κ3) is 4.83. The van der Waals surface area contributed by atoms with Gasteiger partial charge in [0, 0.05) is 31.7 Å². The van der Waals surface area contributed by atoms with E-state index in [4.69, 9.17) is 0 Å². The van der Waals surface area contributed by atoms with Crippen LogP contribution in [0.25, 0.3) is 0 Å². The molecule has 1 atom stereocenters. The molecule has 0 bridgehead atoms. The molecule has 1 heterocycles. The van der Waals surface area contributed by atoms with Crippen LogP contribution < -0.4 is 4.90 Å².